The van der Waals surface area contributed by atoms with E-state index >= 15 is 0 Å². The highest BCUT2D eigenvalue weighted by molar-refractivity contribution is 7.20. The zero-order chi connectivity index (χ0) is 17.3. The number of fused-ring (bicyclic) bond motifs is 1. The van der Waals surface area contributed by atoms with E-state index in [0.717, 1.165) is 20.7 Å². The van der Waals surface area contributed by atoms with Gasteiger partial charge in [-0.05, 0) is 40.4 Å². The maximum atomic E-state index is 12.5. The average Bonchev–Trinajstić information content (AvgIpc) is 3.40. The van der Waals surface area contributed by atoms with E-state index in [1.807, 2.05) is 58.6 Å². The van der Waals surface area contributed by atoms with E-state index in [1.54, 1.807) is 0 Å². The molecule has 4 nitrogen and oxygen atoms in total. The molecular weight excluding hydrogens is 372 g/mol. The minimum atomic E-state index is -1.24. The van der Waals surface area contributed by atoms with Crippen molar-refractivity contribution in [3.63, 3.8) is 0 Å². The Labute approximate surface area is 156 Å². The minimum absolute atomic E-state index is 0.0962. The number of carbonyl (C=O) groups excluding carboxylic acids is 1. The highest BCUT2D eigenvalue weighted by Gasteiger charge is 2.34. The Morgan fingerprint density at radius 3 is 2.76 bits per heavy atom. The van der Waals surface area contributed by atoms with Crippen molar-refractivity contribution in [3.05, 3.63) is 74.1 Å². The van der Waals surface area contributed by atoms with E-state index in [-0.39, 0.29) is 12.5 Å². The van der Waals surface area contributed by atoms with E-state index in [0.29, 0.717) is 5.01 Å². The topological polar surface area (TPSA) is 62.2 Å². The lowest BCUT2D eigenvalue weighted by molar-refractivity contribution is 0.0721. The van der Waals surface area contributed by atoms with Gasteiger partial charge < -0.3 is 10.4 Å². The molecule has 1 amide bonds. The van der Waals surface area contributed by atoms with Gasteiger partial charge in [-0.2, -0.15) is 11.3 Å². The Hall–Kier alpha value is -2.06. The molecule has 0 aliphatic carbocycles. The summed E-state index contributed by atoms with van der Waals surface area (Å²) in [6.45, 7) is 0.0962. The summed E-state index contributed by atoms with van der Waals surface area (Å²) in [5.41, 5.74) is 0.356. The van der Waals surface area contributed by atoms with Gasteiger partial charge >= 0.3 is 0 Å². The normalized spacial score (nSPS) is 13.6. The first kappa shape index (κ1) is 16.4. The number of thiazole rings is 1. The van der Waals surface area contributed by atoms with E-state index in [4.69, 9.17) is 0 Å². The second-order valence-electron chi connectivity index (χ2n) is 5.52. The summed E-state index contributed by atoms with van der Waals surface area (Å²) in [7, 11) is 0. The number of benzene rings is 1. The summed E-state index contributed by atoms with van der Waals surface area (Å²) in [5, 5.41) is 20.2. The van der Waals surface area contributed by atoms with Crippen molar-refractivity contribution in [3.8, 4) is 0 Å². The number of amides is 1. The van der Waals surface area contributed by atoms with Crippen LogP contribution < -0.4 is 5.32 Å². The van der Waals surface area contributed by atoms with E-state index in [2.05, 4.69) is 10.3 Å². The first-order valence-corrected chi connectivity index (χ1v) is 10.2. The van der Waals surface area contributed by atoms with E-state index in [9.17, 15) is 9.90 Å². The summed E-state index contributed by atoms with van der Waals surface area (Å²) in [6, 6.07) is 13.3. The first-order chi connectivity index (χ1) is 12.2. The second-order valence-corrected chi connectivity index (χ2v) is 8.28. The number of nitrogens with one attached hydrogen (secondary N) is 1. The fourth-order valence-corrected chi connectivity index (χ4v) is 5.05. The Morgan fingerprint density at radius 1 is 1.16 bits per heavy atom. The average molecular weight is 387 g/mol. The predicted octanol–water partition coefficient (Wildman–Crippen LogP) is 4.09. The number of rotatable bonds is 5. The van der Waals surface area contributed by atoms with Crippen molar-refractivity contribution in [2.45, 2.75) is 5.60 Å². The van der Waals surface area contributed by atoms with E-state index < -0.39 is 5.60 Å². The summed E-state index contributed by atoms with van der Waals surface area (Å²) >= 11 is 4.34. The number of thiophene rings is 2. The predicted molar refractivity (Wildman–Crippen MR) is 104 cm³/mol. The molecule has 0 saturated heterocycles. The van der Waals surface area contributed by atoms with Gasteiger partial charge in [-0.25, -0.2) is 4.98 Å². The third-order valence-corrected chi connectivity index (χ3v) is 6.66. The highest BCUT2D eigenvalue weighted by Crippen LogP contribution is 2.33. The molecule has 0 aliphatic heterocycles. The maximum Gasteiger partial charge on any atom is 0.280 e. The fraction of sp³-hybridized carbons (Fsp3) is 0.111. The van der Waals surface area contributed by atoms with Crippen LogP contribution in [-0.4, -0.2) is 22.5 Å². The molecule has 4 aromatic rings. The van der Waals surface area contributed by atoms with Crippen LogP contribution in [0.3, 0.4) is 0 Å². The maximum absolute atomic E-state index is 12.5. The lowest BCUT2D eigenvalue weighted by atomic mass is 9.94. The molecule has 25 heavy (non-hydrogen) atoms. The number of carbonyl (C=O) groups is 1. The standard InChI is InChI=1S/C18H14N2O2S3/c21-16(17-20-13-4-1-2-5-14(13)25-17)19-11-18(22,12-7-9-23-10-12)15-6-3-8-24-15/h1-10,22H,11H2,(H,19,21). The Kier molecular flexibility index (Phi) is 4.39. The molecule has 0 radical (unpaired) electrons. The number of nitrogens with zero attached hydrogens (tertiary/aromatic N) is 1. The molecule has 0 saturated carbocycles. The quantitative estimate of drug-likeness (QED) is 0.543. The fourth-order valence-electron chi connectivity index (χ4n) is 2.60. The highest BCUT2D eigenvalue weighted by atomic mass is 32.1. The van der Waals surface area contributed by atoms with Gasteiger partial charge in [0.25, 0.3) is 5.91 Å². The van der Waals surface area contributed by atoms with Crippen molar-refractivity contribution < 1.29 is 9.90 Å². The largest absolute Gasteiger partial charge is 0.378 e. The van der Waals surface area contributed by atoms with Crippen LogP contribution in [0.4, 0.5) is 0 Å². The number of hydrogen-bond acceptors (Lipinski definition) is 6. The van der Waals surface area contributed by atoms with Crippen LogP contribution in [-0.2, 0) is 5.60 Å². The molecule has 7 heteroatoms. The molecule has 1 aromatic carbocycles. The van der Waals surface area contributed by atoms with Gasteiger partial charge in [-0.15, -0.1) is 22.7 Å². The number of aliphatic hydroxyl groups is 1. The van der Waals surface area contributed by atoms with Gasteiger partial charge in [0.1, 0.15) is 5.60 Å². The molecule has 0 aliphatic rings. The Morgan fingerprint density at radius 2 is 2.04 bits per heavy atom. The molecule has 0 fully saturated rings. The number of para-hydroxylation sites is 1. The van der Waals surface area contributed by atoms with Crippen molar-refractivity contribution >= 4 is 50.1 Å². The Balaban J connectivity index is 1.58. The molecule has 1 unspecified atom stereocenters. The summed E-state index contributed by atoms with van der Waals surface area (Å²) in [4.78, 5) is 17.7. The minimum Gasteiger partial charge on any atom is -0.378 e. The van der Waals surface area contributed by atoms with Gasteiger partial charge in [0.15, 0.2) is 5.01 Å². The molecule has 1 atom stereocenters. The number of aromatic nitrogens is 1. The van der Waals surface area contributed by atoms with Crippen LogP contribution in [0.15, 0.2) is 58.6 Å². The third kappa shape index (κ3) is 3.11. The van der Waals surface area contributed by atoms with Crippen LogP contribution >= 0.6 is 34.0 Å². The molecule has 0 bridgehead atoms. The molecule has 3 heterocycles. The van der Waals surface area contributed by atoms with Crippen LogP contribution in [0.5, 0.6) is 0 Å². The van der Waals surface area contributed by atoms with Gasteiger partial charge in [-0.3, -0.25) is 4.79 Å². The zero-order valence-corrected chi connectivity index (χ0v) is 15.5. The monoisotopic (exact) mass is 386 g/mol. The van der Waals surface area contributed by atoms with Gasteiger partial charge in [-0.1, -0.05) is 18.2 Å². The van der Waals surface area contributed by atoms with Gasteiger partial charge in [0, 0.05) is 10.4 Å². The van der Waals surface area contributed by atoms with E-state index in [1.165, 1.54) is 34.0 Å². The van der Waals surface area contributed by atoms with Gasteiger partial charge in [0.05, 0.1) is 16.8 Å². The summed E-state index contributed by atoms with van der Waals surface area (Å²) in [6.07, 6.45) is 0. The molecular formula is C18H14N2O2S3. The smallest absolute Gasteiger partial charge is 0.280 e. The molecule has 0 spiro atoms. The van der Waals surface area contributed by atoms with Crippen LogP contribution in [0.2, 0.25) is 0 Å². The molecule has 126 valence electrons. The summed E-state index contributed by atoms with van der Waals surface area (Å²) in [5.74, 6) is -0.272. The third-order valence-electron chi connectivity index (χ3n) is 3.92. The molecule has 4 rings (SSSR count). The summed E-state index contributed by atoms with van der Waals surface area (Å²) < 4.78 is 0.971. The van der Waals surface area contributed by atoms with Crippen molar-refractivity contribution in [2.24, 2.45) is 0 Å². The number of hydrogen-bond donors (Lipinski definition) is 2. The van der Waals surface area contributed by atoms with Gasteiger partial charge in [0.2, 0.25) is 0 Å². The Bertz CT molecular complexity index is 923. The molecule has 2 N–H and O–H groups in total. The van der Waals surface area contributed by atoms with Crippen LogP contribution in [0.1, 0.15) is 20.2 Å². The van der Waals surface area contributed by atoms with Crippen LogP contribution in [0.25, 0.3) is 10.2 Å². The van der Waals surface area contributed by atoms with Crippen molar-refractivity contribution in [1.29, 1.82) is 0 Å². The lowest BCUT2D eigenvalue weighted by Gasteiger charge is -2.26. The second kappa shape index (κ2) is 6.68. The first-order valence-electron chi connectivity index (χ1n) is 7.59. The van der Waals surface area contributed by atoms with Crippen LogP contribution in [0, 0.1) is 0 Å². The zero-order valence-electron chi connectivity index (χ0n) is 13.0. The lowest BCUT2D eigenvalue weighted by Crippen LogP contribution is -2.40. The van der Waals surface area contributed by atoms with Crippen molar-refractivity contribution in [1.82, 2.24) is 10.3 Å². The van der Waals surface area contributed by atoms with Crippen molar-refractivity contribution in [2.75, 3.05) is 6.54 Å². The SMILES string of the molecule is O=C(NCC(O)(c1ccsc1)c1cccs1)c1nc2ccccc2s1. The molecule has 3 aromatic heterocycles.